The highest BCUT2D eigenvalue weighted by molar-refractivity contribution is 6.34. The van der Waals surface area contributed by atoms with Crippen molar-refractivity contribution in [3.63, 3.8) is 0 Å². The number of allylic oxidation sites excluding steroid dienone is 1. The van der Waals surface area contributed by atoms with Gasteiger partial charge in [0.05, 0.1) is 5.02 Å². The lowest BCUT2D eigenvalue weighted by Gasteiger charge is -2.09. The minimum atomic E-state index is -0.880. The number of aliphatic imine (C=N–C) groups is 1. The Labute approximate surface area is 131 Å². The van der Waals surface area contributed by atoms with Gasteiger partial charge in [0.15, 0.2) is 6.61 Å². The SMILES string of the molecule is CN=C(N)C(C(=O)OCC(=O)c1ccc(F)cc1Cl)=C(C)N. The van der Waals surface area contributed by atoms with Crippen LogP contribution < -0.4 is 11.5 Å². The second kappa shape index (κ2) is 7.56. The molecule has 0 radical (unpaired) electrons. The monoisotopic (exact) mass is 327 g/mol. The smallest absolute Gasteiger partial charge is 0.344 e. The molecule has 0 aliphatic rings. The van der Waals surface area contributed by atoms with E-state index in [0.717, 1.165) is 12.1 Å². The number of hydrogen-bond acceptors (Lipinski definition) is 5. The van der Waals surface area contributed by atoms with Crippen molar-refractivity contribution in [2.24, 2.45) is 16.5 Å². The molecule has 1 rings (SSSR count). The van der Waals surface area contributed by atoms with Gasteiger partial charge in [-0.1, -0.05) is 11.6 Å². The Morgan fingerprint density at radius 3 is 2.50 bits per heavy atom. The van der Waals surface area contributed by atoms with E-state index >= 15 is 0 Å². The van der Waals surface area contributed by atoms with E-state index in [1.807, 2.05) is 0 Å². The fourth-order valence-corrected chi connectivity index (χ4v) is 1.85. The number of Topliss-reactive ketones (excluding diaryl/α,β-unsaturated/α-hetero) is 1. The van der Waals surface area contributed by atoms with E-state index in [4.69, 9.17) is 27.8 Å². The molecule has 8 heteroatoms. The summed E-state index contributed by atoms with van der Waals surface area (Å²) in [6.07, 6.45) is 0. The Morgan fingerprint density at radius 2 is 2.00 bits per heavy atom. The number of ether oxygens (including phenoxy) is 1. The van der Waals surface area contributed by atoms with Crippen molar-refractivity contribution >= 4 is 29.2 Å². The second-order valence-corrected chi connectivity index (χ2v) is 4.70. The molecule has 4 N–H and O–H groups in total. The van der Waals surface area contributed by atoms with E-state index in [2.05, 4.69) is 4.99 Å². The fourth-order valence-electron chi connectivity index (χ4n) is 1.58. The number of rotatable bonds is 5. The van der Waals surface area contributed by atoms with Gasteiger partial charge in [0.25, 0.3) is 0 Å². The van der Waals surface area contributed by atoms with Gasteiger partial charge in [-0.15, -0.1) is 0 Å². The Bertz CT molecular complexity index is 667. The number of benzene rings is 1. The van der Waals surface area contributed by atoms with Crippen LogP contribution in [-0.2, 0) is 9.53 Å². The normalized spacial score (nSPS) is 12.6. The molecule has 0 aromatic heterocycles. The predicted octanol–water partition coefficient (Wildman–Crippen LogP) is 1.42. The van der Waals surface area contributed by atoms with Gasteiger partial charge in [0, 0.05) is 18.3 Å². The summed E-state index contributed by atoms with van der Waals surface area (Å²) in [5, 5.41) is -0.0681. The summed E-state index contributed by atoms with van der Waals surface area (Å²) in [6.45, 7) is 0.866. The van der Waals surface area contributed by atoms with Crippen LogP contribution >= 0.6 is 11.6 Å². The van der Waals surface area contributed by atoms with Crippen LogP contribution in [0.15, 0.2) is 34.5 Å². The van der Waals surface area contributed by atoms with Crippen LogP contribution in [0.4, 0.5) is 4.39 Å². The van der Waals surface area contributed by atoms with Crippen LogP contribution in [0, 0.1) is 5.82 Å². The van der Waals surface area contributed by atoms with Crippen LogP contribution in [0.1, 0.15) is 17.3 Å². The van der Waals surface area contributed by atoms with Gasteiger partial charge in [-0.25, -0.2) is 9.18 Å². The number of nitrogens with two attached hydrogens (primary N) is 2. The van der Waals surface area contributed by atoms with E-state index in [-0.39, 0.29) is 27.7 Å². The molecule has 1 aromatic carbocycles. The topological polar surface area (TPSA) is 108 Å². The molecule has 0 saturated carbocycles. The maximum atomic E-state index is 12.9. The molecule has 118 valence electrons. The third-order valence-corrected chi connectivity index (χ3v) is 2.97. The summed E-state index contributed by atoms with van der Waals surface area (Å²) >= 11 is 5.76. The zero-order valence-electron chi connectivity index (χ0n) is 12.0. The van der Waals surface area contributed by atoms with E-state index < -0.39 is 24.2 Å². The second-order valence-electron chi connectivity index (χ2n) is 4.29. The molecule has 0 bridgehead atoms. The average Bonchev–Trinajstić information content (AvgIpc) is 2.44. The van der Waals surface area contributed by atoms with Gasteiger partial charge >= 0.3 is 5.97 Å². The summed E-state index contributed by atoms with van der Waals surface area (Å²) in [5.41, 5.74) is 11.1. The quantitative estimate of drug-likeness (QED) is 0.279. The molecule has 0 heterocycles. The molecule has 0 saturated heterocycles. The lowest BCUT2D eigenvalue weighted by atomic mass is 10.1. The first-order chi connectivity index (χ1) is 10.3. The van der Waals surface area contributed by atoms with Crippen LogP contribution in [0.3, 0.4) is 0 Å². The molecule has 0 amide bonds. The van der Waals surface area contributed by atoms with Crippen molar-refractivity contribution in [1.82, 2.24) is 0 Å². The molecule has 6 nitrogen and oxygen atoms in total. The third-order valence-electron chi connectivity index (χ3n) is 2.66. The number of hydrogen-bond donors (Lipinski definition) is 2. The maximum absolute atomic E-state index is 12.9. The zero-order valence-corrected chi connectivity index (χ0v) is 12.8. The summed E-state index contributed by atoms with van der Waals surface area (Å²) in [5.74, 6) is -2.14. The first kappa shape index (κ1) is 17.6. The molecule has 0 unspecified atom stereocenters. The van der Waals surface area contributed by atoms with Crippen molar-refractivity contribution in [3.05, 3.63) is 45.9 Å². The average molecular weight is 328 g/mol. The van der Waals surface area contributed by atoms with E-state index in [1.54, 1.807) is 0 Å². The van der Waals surface area contributed by atoms with Gasteiger partial charge in [0.2, 0.25) is 5.78 Å². The molecule has 0 aliphatic carbocycles. The van der Waals surface area contributed by atoms with Crippen LogP contribution in [0.25, 0.3) is 0 Å². The maximum Gasteiger partial charge on any atom is 0.344 e. The third kappa shape index (κ3) is 4.29. The highest BCUT2D eigenvalue weighted by Gasteiger charge is 2.20. The largest absolute Gasteiger partial charge is 0.454 e. The summed E-state index contributed by atoms with van der Waals surface area (Å²) in [4.78, 5) is 27.5. The lowest BCUT2D eigenvalue weighted by molar-refractivity contribution is -0.137. The van der Waals surface area contributed by atoms with Crippen LogP contribution in [-0.4, -0.2) is 31.2 Å². The van der Waals surface area contributed by atoms with Crippen molar-refractivity contribution in [1.29, 1.82) is 0 Å². The minimum absolute atomic E-state index is 0.0444. The Hall–Kier alpha value is -2.41. The van der Waals surface area contributed by atoms with Crippen molar-refractivity contribution in [2.75, 3.05) is 13.7 Å². The number of ketones is 1. The summed E-state index contributed by atoms with van der Waals surface area (Å²) < 4.78 is 17.8. The summed E-state index contributed by atoms with van der Waals surface area (Å²) in [6, 6.07) is 3.28. The summed E-state index contributed by atoms with van der Waals surface area (Å²) in [7, 11) is 1.38. The molecular weight excluding hydrogens is 313 g/mol. The molecular formula is C14H15ClFN3O3. The molecule has 22 heavy (non-hydrogen) atoms. The number of amidine groups is 1. The number of carbonyl (C=O) groups is 2. The van der Waals surface area contributed by atoms with Gasteiger partial charge in [-0.05, 0) is 25.1 Å². The van der Waals surface area contributed by atoms with E-state index in [9.17, 15) is 14.0 Å². The van der Waals surface area contributed by atoms with Crippen molar-refractivity contribution < 1.29 is 18.7 Å². The van der Waals surface area contributed by atoms with Crippen molar-refractivity contribution in [3.8, 4) is 0 Å². The molecule has 0 spiro atoms. The number of carbonyl (C=O) groups excluding carboxylic acids is 2. The molecule has 0 fully saturated rings. The van der Waals surface area contributed by atoms with Crippen LogP contribution in [0.5, 0.6) is 0 Å². The van der Waals surface area contributed by atoms with Gasteiger partial charge in [0.1, 0.15) is 17.2 Å². The Morgan fingerprint density at radius 1 is 1.36 bits per heavy atom. The highest BCUT2D eigenvalue weighted by atomic mass is 35.5. The zero-order chi connectivity index (χ0) is 16.9. The van der Waals surface area contributed by atoms with Crippen molar-refractivity contribution in [2.45, 2.75) is 6.92 Å². The number of nitrogens with zero attached hydrogens (tertiary/aromatic N) is 1. The first-order valence-corrected chi connectivity index (χ1v) is 6.50. The lowest BCUT2D eigenvalue weighted by Crippen LogP contribution is -2.27. The Balaban J connectivity index is 2.83. The highest BCUT2D eigenvalue weighted by Crippen LogP contribution is 2.18. The van der Waals surface area contributed by atoms with Crippen LogP contribution in [0.2, 0.25) is 5.02 Å². The molecule has 0 aliphatic heterocycles. The number of halogens is 2. The first-order valence-electron chi connectivity index (χ1n) is 6.12. The van der Waals surface area contributed by atoms with Gasteiger partial charge in [-0.2, -0.15) is 0 Å². The standard InChI is InChI=1S/C14H15ClFN3O3/c1-7(17)12(13(18)19-2)14(21)22-6-11(20)9-4-3-8(16)5-10(9)15/h3-5H,6,17H2,1-2H3,(H2,18,19). The minimum Gasteiger partial charge on any atom is -0.454 e. The molecule has 0 atom stereocenters. The van der Waals surface area contributed by atoms with E-state index in [0.29, 0.717) is 0 Å². The molecule has 1 aromatic rings. The Kier molecular flexibility index (Phi) is 6.06. The van der Waals surface area contributed by atoms with E-state index in [1.165, 1.54) is 20.0 Å². The number of esters is 1. The van der Waals surface area contributed by atoms with Gasteiger partial charge in [-0.3, -0.25) is 9.79 Å². The fraction of sp³-hybridized carbons (Fsp3) is 0.214. The van der Waals surface area contributed by atoms with Gasteiger partial charge < -0.3 is 16.2 Å². The predicted molar refractivity (Wildman–Crippen MR) is 81.1 cm³/mol.